The largest absolute Gasteiger partial charge is 0.507 e. The minimum Gasteiger partial charge on any atom is -0.507 e. The molecule has 0 aliphatic rings. The van der Waals surface area contributed by atoms with Gasteiger partial charge in [0.1, 0.15) is 16.9 Å². The molecule has 0 radical (unpaired) electrons. The summed E-state index contributed by atoms with van der Waals surface area (Å²) < 4.78 is 10.1. The van der Waals surface area contributed by atoms with Gasteiger partial charge in [-0.25, -0.2) is 9.59 Å². The summed E-state index contributed by atoms with van der Waals surface area (Å²) in [6, 6.07) is 12.3. The summed E-state index contributed by atoms with van der Waals surface area (Å²) in [5.74, 6) is -0.986. The third kappa shape index (κ3) is 5.82. The fourth-order valence-corrected chi connectivity index (χ4v) is 2.72. The molecule has 0 aromatic heterocycles. The van der Waals surface area contributed by atoms with E-state index in [0.717, 1.165) is 5.56 Å². The topological polar surface area (TPSA) is 84.9 Å². The maximum atomic E-state index is 12.2. The zero-order valence-electron chi connectivity index (χ0n) is 16.7. The number of hydrogen-bond acceptors (Lipinski definition) is 6. The van der Waals surface area contributed by atoms with Crippen molar-refractivity contribution in [2.45, 2.75) is 39.3 Å². The standard InChI is InChI=1S/C22H27NO5/c1-22(2,3)28-21(26)18-11-7-9-15(19(18)24)12-13-23-14-16-8-5-6-10-17(16)20(25)27-4/h5-11,23-24H,12-14H2,1-4H3. The number of hydrogen-bond donors (Lipinski definition) is 2. The van der Waals surface area contributed by atoms with Crippen molar-refractivity contribution in [1.82, 2.24) is 5.32 Å². The molecule has 0 saturated carbocycles. The van der Waals surface area contributed by atoms with Crippen molar-refractivity contribution < 1.29 is 24.2 Å². The highest BCUT2D eigenvalue weighted by atomic mass is 16.6. The maximum Gasteiger partial charge on any atom is 0.342 e. The number of ether oxygens (including phenoxy) is 2. The van der Waals surface area contributed by atoms with Crippen LogP contribution in [0.15, 0.2) is 42.5 Å². The van der Waals surface area contributed by atoms with Gasteiger partial charge >= 0.3 is 11.9 Å². The highest BCUT2D eigenvalue weighted by Crippen LogP contribution is 2.25. The van der Waals surface area contributed by atoms with Gasteiger partial charge < -0.3 is 19.9 Å². The molecule has 0 amide bonds. The van der Waals surface area contributed by atoms with E-state index in [1.165, 1.54) is 7.11 Å². The van der Waals surface area contributed by atoms with Crippen LogP contribution in [-0.2, 0) is 22.4 Å². The number of phenolic OH excluding ortho intramolecular Hbond substituents is 1. The molecule has 0 spiro atoms. The van der Waals surface area contributed by atoms with Crippen LogP contribution in [0.25, 0.3) is 0 Å². The molecule has 0 fully saturated rings. The first-order valence-electron chi connectivity index (χ1n) is 9.14. The fourth-order valence-electron chi connectivity index (χ4n) is 2.72. The minimum absolute atomic E-state index is 0.0616. The Kier molecular flexibility index (Phi) is 7.18. The molecule has 0 unspecified atom stereocenters. The summed E-state index contributed by atoms with van der Waals surface area (Å²) in [6.07, 6.45) is 0.517. The van der Waals surface area contributed by atoms with Crippen molar-refractivity contribution >= 4 is 11.9 Å². The molecule has 2 aromatic carbocycles. The molecule has 6 heteroatoms. The summed E-state index contributed by atoms with van der Waals surface area (Å²) in [7, 11) is 1.35. The van der Waals surface area contributed by atoms with Gasteiger partial charge in [-0.05, 0) is 57.0 Å². The third-order valence-electron chi connectivity index (χ3n) is 4.05. The average Bonchev–Trinajstić information content (AvgIpc) is 2.64. The Morgan fingerprint density at radius 3 is 2.29 bits per heavy atom. The van der Waals surface area contributed by atoms with Crippen molar-refractivity contribution in [3.05, 3.63) is 64.7 Å². The molecule has 0 aliphatic heterocycles. The summed E-state index contributed by atoms with van der Waals surface area (Å²) in [4.78, 5) is 24.0. The van der Waals surface area contributed by atoms with Gasteiger partial charge in [0, 0.05) is 6.54 Å². The number of nitrogens with one attached hydrogen (secondary N) is 1. The van der Waals surface area contributed by atoms with Crippen molar-refractivity contribution in [2.75, 3.05) is 13.7 Å². The molecule has 2 rings (SSSR count). The van der Waals surface area contributed by atoms with E-state index in [4.69, 9.17) is 9.47 Å². The van der Waals surface area contributed by atoms with Crippen molar-refractivity contribution in [1.29, 1.82) is 0 Å². The van der Waals surface area contributed by atoms with E-state index in [1.54, 1.807) is 51.1 Å². The number of methoxy groups -OCH3 is 1. The Morgan fingerprint density at radius 1 is 0.964 bits per heavy atom. The first-order chi connectivity index (χ1) is 13.2. The average molecular weight is 385 g/mol. The van der Waals surface area contributed by atoms with Crippen LogP contribution in [0.2, 0.25) is 0 Å². The highest BCUT2D eigenvalue weighted by molar-refractivity contribution is 5.93. The van der Waals surface area contributed by atoms with Crippen LogP contribution in [0, 0.1) is 0 Å². The van der Waals surface area contributed by atoms with Gasteiger partial charge in [0.2, 0.25) is 0 Å². The number of esters is 2. The van der Waals surface area contributed by atoms with Crippen LogP contribution in [0.4, 0.5) is 0 Å². The predicted molar refractivity (Wildman–Crippen MR) is 106 cm³/mol. The van der Waals surface area contributed by atoms with Gasteiger partial charge in [0.25, 0.3) is 0 Å². The first-order valence-corrected chi connectivity index (χ1v) is 9.14. The second-order valence-electron chi connectivity index (χ2n) is 7.39. The molecule has 0 heterocycles. The highest BCUT2D eigenvalue weighted by Gasteiger charge is 2.21. The molecule has 0 atom stereocenters. The van der Waals surface area contributed by atoms with E-state index in [-0.39, 0.29) is 17.3 Å². The Bertz CT molecular complexity index is 839. The van der Waals surface area contributed by atoms with E-state index in [1.807, 2.05) is 12.1 Å². The normalized spacial score (nSPS) is 11.1. The minimum atomic E-state index is -0.631. The smallest absolute Gasteiger partial charge is 0.342 e. The Morgan fingerprint density at radius 2 is 1.61 bits per heavy atom. The van der Waals surface area contributed by atoms with Crippen molar-refractivity contribution in [3.63, 3.8) is 0 Å². The van der Waals surface area contributed by atoms with E-state index in [2.05, 4.69) is 5.32 Å². The second-order valence-corrected chi connectivity index (χ2v) is 7.39. The first kappa shape index (κ1) is 21.4. The lowest BCUT2D eigenvalue weighted by atomic mass is 10.0. The van der Waals surface area contributed by atoms with E-state index in [9.17, 15) is 14.7 Å². The molecule has 2 N–H and O–H groups in total. The Balaban J connectivity index is 1.98. The lowest BCUT2D eigenvalue weighted by molar-refractivity contribution is 0.00664. The number of benzene rings is 2. The van der Waals surface area contributed by atoms with Crippen LogP contribution >= 0.6 is 0 Å². The van der Waals surface area contributed by atoms with Gasteiger partial charge in [-0.15, -0.1) is 0 Å². The summed E-state index contributed by atoms with van der Waals surface area (Å²) >= 11 is 0. The number of rotatable bonds is 7. The van der Waals surface area contributed by atoms with Crippen LogP contribution in [-0.4, -0.2) is 36.3 Å². The molecule has 0 bridgehead atoms. The van der Waals surface area contributed by atoms with Gasteiger partial charge in [-0.3, -0.25) is 0 Å². The third-order valence-corrected chi connectivity index (χ3v) is 4.05. The zero-order valence-corrected chi connectivity index (χ0v) is 16.7. The number of phenols is 1. The zero-order chi connectivity index (χ0) is 20.7. The maximum absolute atomic E-state index is 12.2. The van der Waals surface area contributed by atoms with Crippen LogP contribution < -0.4 is 5.32 Å². The van der Waals surface area contributed by atoms with E-state index < -0.39 is 11.6 Å². The Labute approximate surface area is 165 Å². The quantitative estimate of drug-likeness (QED) is 0.561. The number of aromatic hydroxyl groups is 1. The lowest BCUT2D eigenvalue weighted by Crippen LogP contribution is -2.24. The fraction of sp³-hybridized carbons (Fsp3) is 0.364. The lowest BCUT2D eigenvalue weighted by Gasteiger charge is -2.20. The number of carbonyl (C=O) groups excluding carboxylic acids is 2. The molecule has 6 nitrogen and oxygen atoms in total. The molecular weight excluding hydrogens is 358 g/mol. The second kappa shape index (κ2) is 9.37. The van der Waals surface area contributed by atoms with Gasteiger partial charge in [0.05, 0.1) is 12.7 Å². The van der Waals surface area contributed by atoms with Gasteiger partial charge in [-0.1, -0.05) is 30.3 Å². The van der Waals surface area contributed by atoms with Crippen LogP contribution in [0.1, 0.15) is 52.6 Å². The van der Waals surface area contributed by atoms with Crippen LogP contribution in [0.5, 0.6) is 5.75 Å². The SMILES string of the molecule is COC(=O)c1ccccc1CNCCc1cccc(C(=O)OC(C)(C)C)c1O. The van der Waals surface area contributed by atoms with E-state index >= 15 is 0 Å². The number of carbonyl (C=O) groups is 2. The molecular formula is C22H27NO5. The summed E-state index contributed by atoms with van der Waals surface area (Å²) in [6.45, 7) is 6.38. The summed E-state index contributed by atoms with van der Waals surface area (Å²) in [5, 5.41) is 13.7. The molecule has 0 saturated heterocycles. The van der Waals surface area contributed by atoms with E-state index in [0.29, 0.717) is 30.6 Å². The Hall–Kier alpha value is -2.86. The van der Waals surface area contributed by atoms with Crippen molar-refractivity contribution in [3.8, 4) is 5.75 Å². The van der Waals surface area contributed by atoms with Gasteiger partial charge in [0.15, 0.2) is 0 Å². The molecule has 150 valence electrons. The van der Waals surface area contributed by atoms with Crippen molar-refractivity contribution in [2.24, 2.45) is 0 Å². The number of para-hydroxylation sites is 1. The van der Waals surface area contributed by atoms with Gasteiger partial charge in [-0.2, -0.15) is 0 Å². The predicted octanol–water partition coefficient (Wildman–Crippen LogP) is 3.47. The van der Waals surface area contributed by atoms with Crippen LogP contribution in [0.3, 0.4) is 0 Å². The molecule has 0 aliphatic carbocycles. The molecule has 2 aromatic rings. The monoisotopic (exact) mass is 385 g/mol. The molecule has 28 heavy (non-hydrogen) atoms. The summed E-state index contributed by atoms with van der Waals surface area (Å²) in [5.41, 5.74) is 1.53.